The number of hydrogen-bond donors (Lipinski definition) is 1. The normalized spacial score (nSPS) is 35.5. The van der Waals surface area contributed by atoms with Crippen LogP contribution in [-0.2, 0) is 28.6 Å². The van der Waals surface area contributed by atoms with Crippen molar-refractivity contribution in [2.45, 2.75) is 44.2 Å². The predicted octanol–water partition coefficient (Wildman–Crippen LogP) is -0.307. The molecule has 3 saturated heterocycles. The van der Waals surface area contributed by atoms with Gasteiger partial charge in [-0.15, -0.1) is 0 Å². The van der Waals surface area contributed by atoms with E-state index in [1.54, 1.807) is 6.92 Å². The summed E-state index contributed by atoms with van der Waals surface area (Å²) in [6, 6.07) is 0. The molecule has 0 aromatic carbocycles. The van der Waals surface area contributed by atoms with Gasteiger partial charge in [0.25, 0.3) is 0 Å². The molecule has 3 heterocycles. The maximum Gasteiger partial charge on any atom is 0.312 e. The van der Waals surface area contributed by atoms with Crippen molar-refractivity contribution in [2.24, 2.45) is 5.92 Å². The fraction of sp³-hybridized carbons (Fsp3) is 0.643. The highest BCUT2D eigenvalue weighted by atomic mass is 16.7. The third kappa shape index (κ3) is 2.42. The summed E-state index contributed by atoms with van der Waals surface area (Å²) >= 11 is 0. The molecule has 7 nitrogen and oxygen atoms in total. The third-order valence-electron chi connectivity index (χ3n) is 4.05. The zero-order chi connectivity index (χ0) is 15.1. The lowest BCUT2D eigenvalue weighted by Gasteiger charge is -2.22. The van der Waals surface area contributed by atoms with Crippen LogP contribution in [0.25, 0.3) is 0 Å². The standard InChI is InChI=1S/C14H17NO6/c1-6(2)13(17)15-4-3-9(16)20-11-8-5-7-10(19-8)12(11)21-14(7)18/h7-8,10-12H,1,3-5H2,2H3,(H,15,17). The molecule has 2 bridgehead atoms. The van der Waals surface area contributed by atoms with Gasteiger partial charge in [-0.25, -0.2) is 0 Å². The van der Waals surface area contributed by atoms with E-state index in [4.69, 9.17) is 14.2 Å². The first-order valence-corrected chi connectivity index (χ1v) is 6.96. The minimum atomic E-state index is -0.526. The van der Waals surface area contributed by atoms with E-state index in [1.165, 1.54) is 0 Å². The van der Waals surface area contributed by atoms with Gasteiger partial charge in [0.2, 0.25) is 5.91 Å². The van der Waals surface area contributed by atoms with Crippen molar-refractivity contribution in [3.63, 3.8) is 0 Å². The molecular weight excluding hydrogens is 278 g/mol. The first kappa shape index (κ1) is 14.1. The van der Waals surface area contributed by atoms with Crippen LogP contribution >= 0.6 is 0 Å². The molecule has 7 heteroatoms. The minimum Gasteiger partial charge on any atom is -0.455 e. The molecule has 1 N–H and O–H groups in total. The number of hydrogen-bond acceptors (Lipinski definition) is 6. The molecule has 0 aromatic heterocycles. The second-order valence-electron chi connectivity index (χ2n) is 5.62. The van der Waals surface area contributed by atoms with Crippen molar-refractivity contribution < 1.29 is 28.6 Å². The van der Waals surface area contributed by atoms with Crippen molar-refractivity contribution in [1.82, 2.24) is 5.32 Å². The highest BCUT2D eigenvalue weighted by molar-refractivity contribution is 5.92. The van der Waals surface area contributed by atoms with E-state index in [-0.39, 0.29) is 43.0 Å². The number of amides is 1. The topological polar surface area (TPSA) is 90.9 Å². The Hall–Kier alpha value is -1.89. The fourth-order valence-corrected chi connectivity index (χ4v) is 3.02. The summed E-state index contributed by atoms with van der Waals surface area (Å²) < 4.78 is 16.2. The Kier molecular flexibility index (Phi) is 3.44. The van der Waals surface area contributed by atoms with E-state index >= 15 is 0 Å². The number of fused-ring (bicyclic) bond motifs is 1. The Morgan fingerprint density at radius 1 is 1.43 bits per heavy atom. The van der Waals surface area contributed by atoms with Gasteiger partial charge in [-0.3, -0.25) is 14.4 Å². The first-order valence-electron chi connectivity index (χ1n) is 6.96. The van der Waals surface area contributed by atoms with Crippen LogP contribution in [0.1, 0.15) is 19.8 Å². The van der Waals surface area contributed by atoms with Gasteiger partial charge >= 0.3 is 11.9 Å². The molecule has 3 rings (SSSR count). The van der Waals surface area contributed by atoms with E-state index in [9.17, 15) is 14.4 Å². The van der Waals surface area contributed by atoms with Gasteiger partial charge in [0.15, 0.2) is 12.2 Å². The van der Waals surface area contributed by atoms with E-state index in [0.29, 0.717) is 12.0 Å². The lowest BCUT2D eigenvalue weighted by atomic mass is 9.88. The molecule has 0 saturated carbocycles. The second kappa shape index (κ2) is 5.14. The molecule has 5 atom stereocenters. The smallest absolute Gasteiger partial charge is 0.312 e. The predicted molar refractivity (Wildman–Crippen MR) is 69.0 cm³/mol. The average Bonchev–Trinajstić information content (AvgIpc) is 3.03. The largest absolute Gasteiger partial charge is 0.455 e. The number of carbonyl (C=O) groups is 3. The lowest BCUT2D eigenvalue weighted by Crippen LogP contribution is -2.40. The van der Waals surface area contributed by atoms with Gasteiger partial charge in [0, 0.05) is 12.1 Å². The summed E-state index contributed by atoms with van der Waals surface area (Å²) in [6.07, 6.45) is -0.937. The van der Waals surface area contributed by atoms with Gasteiger partial charge in [-0.1, -0.05) is 6.58 Å². The molecule has 3 fully saturated rings. The molecule has 0 aliphatic carbocycles. The van der Waals surface area contributed by atoms with Gasteiger partial charge in [-0.2, -0.15) is 0 Å². The summed E-state index contributed by atoms with van der Waals surface area (Å²) in [5.41, 5.74) is 0.383. The number of esters is 2. The van der Waals surface area contributed by atoms with Gasteiger partial charge in [-0.05, 0) is 13.3 Å². The number of rotatable bonds is 5. The zero-order valence-corrected chi connectivity index (χ0v) is 11.7. The molecule has 114 valence electrons. The molecule has 3 aliphatic heterocycles. The summed E-state index contributed by atoms with van der Waals surface area (Å²) in [7, 11) is 0. The molecule has 3 aliphatic rings. The fourth-order valence-electron chi connectivity index (χ4n) is 3.02. The van der Waals surface area contributed by atoms with Crippen LogP contribution < -0.4 is 5.32 Å². The van der Waals surface area contributed by atoms with Crippen LogP contribution in [-0.4, -0.2) is 48.8 Å². The molecular formula is C14H17NO6. The van der Waals surface area contributed by atoms with Crippen molar-refractivity contribution in [1.29, 1.82) is 0 Å². The highest BCUT2D eigenvalue weighted by Gasteiger charge is 2.65. The Morgan fingerprint density at radius 2 is 2.19 bits per heavy atom. The number of ether oxygens (including phenoxy) is 3. The van der Waals surface area contributed by atoms with E-state index in [1.807, 2.05) is 0 Å². The van der Waals surface area contributed by atoms with E-state index < -0.39 is 18.2 Å². The molecule has 0 aromatic rings. The maximum absolute atomic E-state index is 11.8. The Balaban J connectivity index is 1.47. The molecule has 0 radical (unpaired) electrons. The van der Waals surface area contributed by atoms with E-state index in [0.717, 1.165) is 0 Å². The van der Waals surface area contributed by atoms with Crippen LogP contribution in [0.3, 0.4) is 0 Å². The lowest BCUT2D eigenvalue weighted by molar-refractivity contribution is -0.160. The zero-order valence-electron chi connectivity index (χ0n) is 11.7. The molecule has 1 amide bonds. The van der Waals surface area contributed by atoms with Crippen molar-refractivity contribution >= 4 is 17.8 Å². The Labute approximate surface area is 121 Å². The number of carbonyl (C=O) groups excluding carboxylic acids is 3. The summed E-state index contributed by atoms with van der Waals surface area (Å²) in [5, 5.41) is 2.56. The maximum atomic E-state index is 11.8. The Bertz CT molecular complexity index is 516. The average molecular weight is 295 g/mol. The highest BCUT2D eigenvalue weighted by Crippen LogP contribution is 2.47. The van der Waals surface area contributed by atoms with Crippen molar-refractivity contribution in [3.05, 3.63) is 12.2 Å². The third-order valence-corrected chi connectivity index (χ3v) is 4.05. The van der Waals surface area contributed by atoms with Crippen LogP contribution in [0, 0.1) is 5.92 Å². The molecule has 0 spiro atoms. The minimum absolute atomic E-state index is 0.0526. The molecule has 5 unspecified atom stereocenters. The van der Waals surface area contributed by atoms with Crippen LogP contribution in [0.2, 0.25) is 0 Å². The number of nitrogens with one attached hydrogen (secondary N) is 1. The second-order valence-corrected chi connectivity index (χ2v) is 5.62. The summed E-state index contributed by atoms with van der Waals surface area (Å²) in [4.78, 5) is 34.6. The van der Waals surface area contributed by atoms with Crippen molar-refractivity contribution in [2.75, 3.05) is 6.54 Å². The monoisotopic (exact) mass is 295 g/mol. The van der Waals surface area contributed by atoms with Crippen LogP contribution in [0.4, 0.5) is 0 Å². The quantitative estimate of drug-likeness (QED) is 0.553. The first-order chi connectivity index (χ1) is 9.97. The van der Waals surface area contributed by atoms with Crippen LogP contribution in [0.5, 0.6) is 0 Å². The van der Waals surface area contributed by atoms with Crippen molar-refractivity contribution in [3.8, 4) is 0 Å². The summed E-state index contributed by atoms with van der Waals surface area (Å²) in [5.74, 6) is -1.21. The SMILES string of the molecule is C=C(C)C(=O)NCCC(=O)OC1C2CC3C(=O)OC1C3O2. The Morgan fingerprint density at radius 3 is 2.90 bits per heavy atom. The van der Waals surface area contributed by atoms with E-state index in [2.05, 4.69) is 11.9 Å². The van der Waals surface area contributed by atoms with Crippen LogP contribution in [0.15, 0.2) is 12.2 Å². The van der Waals surface area contributed by atoms with Gasteiger partial charge < -0.3 is 19.5 Å². The van der Waals surface area contributed by atoms with Gasteiger partial charge in [0.1, 0.15) is 6.10 Å². The van der Waals surface area contributed by atoms with Gasteiger partial charge in [0.05, 0.1) is 18.4 Å². The molecule has 21 heavy (non-hydrogen) atoms. The summed E-state index contributed by atoms with van der Waals surface area (Å²) in [6.45, 7) is 5.27.